The molecule has 1 amide bonds. The third-order valence-electron chi connectivity index (χ3n) is 2.70. The van der Waals surface area contributed by atoms with Crippen molar-refractivity contribution in [1.29, 1.82) is 0 Å². The molecule has 0 fully saturated rings. The molecular formula is C16H15BrN2O2. The van der Waals surface area contributed by atoms with E-state index >= 15 is 0 Å². The summed E-state index contributed by atoms with van der Waals surface area (Å²) in [5.41, 5.74) is 4.31. The molecule has 0 heterocycles. The maximum atomic E-state index is 11.6. The quantitative estimate of drug-likeness (QED) is 0.667. The van der Waals surface area contributed by atoms with Crippen molar-refractivity contribution in [2.24, 2.45) is 5.10 Å². The van der Waals surface area contributed by atoms with Gasteiger partial charge >= 0.3 is 0 Å². The standard InChI is InChI=1S/C16H15BrN2O2/c1-12-5-2-3-8-15(12)21-11-16(20)19-18-10-13-6-4-7-14(17)9-13/h2-10H,11H2,1H3,(H,19,20)/b18-10-. The van der Waals surface area contributed by atoms with Crippen molar-refractivity contribution >= 4 is 28.1 Å². The molecule has 108 valence electrons. The van der Waals surface area contributed by atoms with Crippen molar-refractivity contribution in [3.05, 3.63) is 64.1 Å². The second-order valence-corrected chi connectivity index (χ2v) is 5.32. The van der Waals surface area contributed by atoms with E-state index in [1.54, 1.807) is 6.21 Å². The smallest absolute Gasteiger partial charge is 0.277 e. The Morgan fingerprint density at radius 1 is 1.29 bits per heavy atom. The minimum atomic E-state index is -0.301. The summed E-state index contributed by atoms with van der Waals surface area (Å²) in [6, 6.07) is 15.2. The van der Waals surface area contributed by atoms with Crippen LogP contribution in [0.4, 0.5) is 0 Å². The summed E-state index contributed by atoms with van der Waals surface area (Å²) in [5.74, 6) is 0.396. The van der Waals surface area contributed by atoms with Gasteiger partial charge in [0.15, 0.2) is 6.61 Å². The second kappa shape index (κ2) is 7.59. The van der Waals surface area contributed by atoms with Crippen LogP contribution in [-0.4, -0.2) is 18.7 Å². The summed E-state index contributed by atoms with van der Waals surface area (Å²) in [5, 5.41) is 3.89. The topological polar surface area (TPSA) is 50.7 Å². The first-order chi connectivity index (χ1) is 10.1. The predicted molar refractivity (Wildman–Crippen MR) is 86.6 cm³/mol. The van der Waals surface area contributed by atoms with Crippen LogP contribution < -0.4 is 10.2 Å². The minimum Gasteiger partial charge on any atom is -0.483 e. The van der Waals surface area contributed by atoms with Gasteiger partial charge in [-0.3, -0.25) is 4.79 Å². The molecular weight excluding hydrogens is 332 g/mol. The Morgan fingerprint density at radius 3 is 2.86 bits per heavy atom. The molecule has 0 saturated heterocycles. The van der Waals surface area contributed by atoms with Gasteiger partial charge in [0.05, 0.1) is 6.21 Å². The highest BCUT2D eigenvalue weighted by molar-refractivity contribution is 9.10. The summed E-state index contributed by atoms with van der Waals surface area (Å²) >= 11 is 3.37. The Bertz CT molecular complexity index is 656. The van der Waals surface area contributed by atoms with E-state index in [1.165, 1.54) is 0 Å². The van der Waals surface area contributed by atoms with Crippen LogP contribution in [0.2, 0.25) is 0 Å². The largest absolute Gasteiger partial charge is 0.483 e. The molecule has 0 aliphatic heterocycles. The van der Waals surface area contributed by atoms with Crippen LogP contribution >= 0.6 is 15.9 Å². The Kier molecular flexibility index (Phi) is 5.51. The molecule has 0 atom stereocenters. The number of rotatable bonds is 5. The lowest BCUT2D eigenvalue weighted by molar-refractivity contribution is -0.123. The summed E-state index contributed by atoms with van der Waals surface area (Å²) in [6.45, 7) is 1.86. The minimum absolute atomic E-state index is 0.0688. The fourth-order valence-electron chi connectivity index (χ4n) is 1.66. The monoisotopic (exact) mass is 346 g/mol. The Labute approximate surface area is 132 Å². The number of carbonyl (C=O) groups is 1. The normalized spacial score (nSPS) is 10.6. The van der Waals surface area contributed by atoms with Gasteiger partial charge in [-0.15, -0.1) is 0 Å². The fourth-order valence-corrected chi connectivity index (χ4v) is 2.08. The number of nitrogens with zero attached hydrogens (tertiary/aromatic N) is 1. The molecule has 4 nitrogen and oxygen atoms in total. The van der Waals surface area contributed by atoms with Gasteiger partial charge in [-0.25, -0.2) is 5.43 Å². The lowest BCUT2D eigenvalue weighted by Crippen LogP contribution is -2.24. The Hall–Kier alpha value is -2.14. The number of hydrogen-bond acceptors (Lipinski definition) is 3. The Balaban J connectivity index is 1.81. The molecule has 0 aliphatic carbocycles. The van der Waals surface area contributed by atoms with E-state index in [2.05, 4.69) is 26.5 Å². The lowest BCUT2D eigenvalue weighted by atomic mass is 10.2. The van der Waals surface area contributed by atoms with E-state index in [9.17, 15) is 4.79 Å². The predicted octanol–water partition coefficient (Wildman–Crippen LogP) is 3.29. The molecule has 1 N–H and O–H groups in total. The molecule has 0 spiro atoms. The number of aryl methyl sites for hydroxylation is 1. The van der Waals surface area contributed by atoms with Crippen molar-refractivity contribution in [1.82, 2.24) is 5.43 Å². The number of ether oxygens (including phenoxy) is 1. The van der Waals surface area contributed by atoms with Gasteiger partial charge < -0.3 is 4.74 Å². The molecule has 0 bridgehead atoms. The van der Waals surface area contributed by atoms with Crippen molar-refractivity contribution in [2.75, 3.05) is 6.61 Å². The first kappa shape index (κ1) is 15.3. The summed E-state index contributed by atoms with van der Waals surface area (Å²) < 4.78 is 6.39. The average molecular weight is 347 g/mol. The van der Waals surface area contributed by atoms with E-state index in [1.807, 2.05) is 55.5 Å². The van der Waals surface area contributed by atoms with Gasteiger partial charge in [0.2, 0.25) is 0 Å². The maximum Gasteiger partial charge on any atom is 0.277 e. The summed E-state index contributed by atoms with van der Waals surface area (Å²) in [4.78, 5) is 11.6. The zero-order valence-electron chi connectivity index (χ0n) is 11.5. The van der Waals surface area contributed by atoms with E-state index in [-0.39, 0.29) is 12.5 Å². The van der Waals surface area contributed by atoms with Gasteiger partial charge in [-0.05, 0) is 36.2 Å². The summed E-state index contributed by atoms with van der Waals surface area (Å²) in [6.07, 6.45) is 1.58. The van der Waals surface area contributed by atoms with Crippen LogP contribution in [-0.2, 0) is 4.79 Å². The number of amides is 1. The van der Waals surface area contributed by atoms with Gasteiger partial charge in [-0.1, -0.05) is 46.3 Å². The second-order valence-electron chi connectivity index (χ2n) is 4.40. The molecule has 0 unspecified atom stereocenters. The van der Waals surface area contributed by atoms with Crippen molar-refractivity contribution in [3.8, 4) is 5.75 Å². The molecule has 2 rings (SSSR count). The molecule has 0 radical (unpaired) electrons. The number of hydrogen-bond donors (Lipinski definition) is 1. The van der Waals surface area contributed by atoms with Crippen LogP contribution in [0, 0.1) is 6.92 Å². The third kappa shape index (κ3) is 5.04. The highest BCUT2D eigenvalue weighted by Crippen LogP contribution is 2.15. The molecule has 0 aromatic heterocycles. The molecule has 5 heteroatoms. The third-order valence-corrected chi connectivity index (χ3v) is 3.20. The van der Waals surface area contributed by atoms with Crippen LogP contribution in [0.15, 0.2) is 58.1 Å². The van der Waals surface area contributed by atoms with Crippen molar-refractivity contribution < 1.29 is 9.53 Å². The van der Waals surface area contributed by atoms with Crippen LogP contribution in [0.1, 0.15) is 11.1 Å². The number of hydrazone groups is 1. The zero-order valence-corrected chi connectivity index (χ0v) is 13.1. The van der Waals surface area contributed by atoms with Gasteiger partial charge in [0, 0.05) is 4.47 Å². The average Bonchev–Trinajstić information content (AvgIpc) is 2.46. The van der Waals surface area contributed by atoms with Crippen LogP contribution in [0.25, 0.3) is 0 Å². The van der Waals surface area contributed by atoms with Gasteiger partial charge in [0.1, 0.15) is 5.75 Å². The maximum absolute atomic E-state index is 11.6. The van der Waals surface area contributed by atoms with E-state index < -0.39 is 0 Å². The van der Waals surface area contributed by atoms with Crippen LogP contribution in [0.3, 0.4) is 0 Å². The number of nitrogens with one attached hydrogen (secondary N) is 1. The lowest BCUT2D eigenvalue weighted by Gasteiger charge is -2.07. The summed E-state index contributed by atoms with van der Waals surface area (Å²) in [7, 11) is 0. The molecule has 0 aliphatic rings. The Morgan fingerprint density at radius 2 is 2.10 bits per heavy atom. The van der Waals surface area contributed by atoms with Crippen molar-refractivity contribution in [3.63, 3.8) is 0 Å². The van der Waals surface area contributed by atoms with Crippen LogP contribution in [0.5, 0.6) is 5.75 Å². The van der Waals surface area contributed by atoms with E-state index in [4.69, 9.17) is 4.74 Å². The number of benzene rings is 2. The first-order valence-electron chi connectivity index (χ1n) is 6.41. The molecule has 2 aromatic rings. The molecule has 2 aromatic carbocycles. The number of para-hydroxylation sites is 1. The molecule has 21 heavy (non-hydrogen) atoms. The SMILES string of the molecule is Cc1ccccc1OCC(=O)N/N=C\c1cccc(Br)c1. The number of carbonyl (C=O) groups excluding carboxylic acids is 1. The van der Waals surface area contributed by atoms with E-state index in [0.29, 0.717) is 5.75 Å². The highest BCUT2D eigenvalue weighted by atomic mass is 79.9. The first-order valence-corrected chi connectivity index (χ1v) is 7.20. The molecule has 0 saturated carbocycles. The van der Waals surface area contributed by atoms with Gasteiger partial charge in [-0.2, -0.15) is 5.10 Å². The highest BCUT2D eigenvalue weighted by Gasteiger charge is 2.02. The number of halogens is 1. The fraction of sp³-hybridized carbons (Fsp3) is 0.125. The van der Waals surface area contributed by atoms with Crippen molar-refractivity contribution in [2.45, 2.75) is 6.92 Å². The zero-order chi connectivity index (χ0) is 15.1. The van der Waals surface area contributed by atoms with Gasteiger partial charge in [0.25, 0.3) is 5.91 Å². The van der Waals surface area contributed by atoms with E-state index in [0.717, 1.165) is 15.6 Å².